The molecule has 0 aliphatic rings. The van der Waals surface area contributed by atoms with E-state index in [-0.39, 0.29) is 12.4 Å². The van der Waals surface area contributed by atoms with Crippen molar-refractivity contribution in [2.45, 2.75) is 13.5 Å². The van der Waals surface area contributed by atoms with Crippen LogP contribution < -0.4 is 15.9 Å². The van der Waals surface area contributed by atoms with E-state index in [0.29, 0.717) is 23.9 Å². The quantitative estimate of drug-likeness (QED) is 0.465. The largest absolute Gasteiger partial charge is 0.492 e. The molecule has 0 spiro atoms. The second-order valence-electron chi connectivity index (χ2n) is 5.80. The van der Waals surface area contributed by atoms with Gasteiger partial charge < -0.3 is 9.26 Å². The summed E-state index contributed by atoms with van der Waals surface area (Å²) in [6, 6.07) is 10.8. The standard InChI is InChI=1S/C19H16N4O4S/c1-2-26-14-7-4-3-6-13(14)23-10-9-22(18(24)19(23)25)12-16-20-17(21-27-16)15-8-5-11-28-15/h3-11H,2,12H2,1H3. The molecule has 0 N–H and O–H groups in total. The van der Waals surface area contributed by atoms with E-state index in [0.717, 1.165) is 4.88 Å². The molecule has 3 heterocycles. The number of hydrogen-bond acceptors (Lipinski definition) is 7. The highest BCUT2D eigenvalue weighted by molar-refractivity contribution is 7.13. The Hall–Kier alpha value is -3.46. The van der Waals surface area contributed by atoms with Gasteiger partial charge in [-0.05, 0) is 30.5 Å². The van der Waals surface area contributed by atoms with E-state index in [1.165, 1.54) is 32.9 Å². The van der Waals surface area contributed by atoms with E-state index in [1.807, 2.05) is 30.5 Å². The van der Waals surface area contributed by atoms with E-state index in [2.05, 4.69) is 10.1 Å². The topological polar surface area (TPSA) is 92.2 Å². The van der Waals surface area contributed by atoms with Crippen LogP contribution in [-0.2, 0) is 6.54 Å². The van der Waals surface area contributed by atoms with Crippen LogP contribution in [0, 0.1) is 0 Å². The summed E-state index contributed by atoms with van der Waals surface area (Å²) >= 11 is 1.49. The second kappa shape index (κ2) is 7.65. The van der Waals surface area contributed by atoms with Crippen LogP contribution in [0.3, 0.4) is 0 Å². The van der Waals surface area contributed by atoms with Gasteiger partial charge in [-0.1, -0.05) is 23.4 Å². The highest BCUT2D eigenvalue weighted by Gasteiger charge is 2.14. The Labute approximate surface area is 163 Å². The van der Waals surface area contributed by atoms with Gasteiger partial charge in [0.05, 0.1) is 17.2 Å². The molecule has 0 amide bonds. The van der Waals surface area contributed by atoms with Crippen molar-refractivity contribution in [1.29, 1.82) is 0 Å². The minimum absolute atomic E-state index is 0.0143. The summed E-state index contributed by atoms with van der Waals surface area (Å²) in [5, 5.41) is 5.83. The molecule has 0 radical (unpaired) electrons. The summed E-state index contributed by atoms with van der Waals surface area (Å²) in [6.45, 7) is 2.32. The van der Waals surface area contributed by atoms with Crippen LogP contribution in [0.4, 0.5) is 0 Å². The SMILES string of the molecule is CCOc1ccccc1-n1ccn(Cc2nc(-c3cccs3)no2)c(=O)c1=O. The number of para-hydroxylation sites is 2. The van der Waals surface area contributed by atoms with Gasteiger partial charge in [-0.2, -0.15) is 4.98 Å². The fraction of sp³-hybridized carbons (Fsp3) is 0.158. The molecule has 0 fully saturated rings. The van der Waals surface area contributed by atoms with Crippen molar-refractivity contribution < 1.29 is 9.26 Å². The Morgan fingerprint density at radius 3 is 2.75 bits per heavy atom. The minimum Gasteiger partial charge on any atom is -0.492 e. The van der Waals surface area contributed by atoms with Crippen molar-refractivity contribution in [3.63, 3.8) is 0 Å². The highest BCUT2D eigenvalue weighted by atomic mass is 32.1. The average molecular weight is 396 g/mol. The van der Waals surface area contributed by atoms with Crippen LogP contribution in [-0.4, -0.2) is 25.9 Å². The fourth-order valence-electron chi connectivity index (χ4n) is 2.73. The summed E-state index contributed by atoms with van der Waals surface area (Å²) in [5.74, 6) is 1.23. The zero-order chi connectivity index (χ0) is 19.5. The molecular weight excluding hydrogens is 380 g/mol. The van der Waals surface area contributed by atoms with E-state index >= 15 is 0 Å². The molecule has 8 nitrogen and oxygen atoms in total. The second-order valence-corrected chi connectivity index (χ2v) is 6.74. The lowest BCUT2D eigenvalue weighted by Crippen LogP contribution is -2.40. The van der Waals surface area contributed by atoms with E-state index in [1.54, 1.807) is 18.2 Å². The third-order valence-corrected chi connectivity index (χ3v) is 4.86. The predicted octanol–water partition coefficient (Wildman–Crippen LogP) is 2.56. The third-order valence-electron chi connectivity index (χ3n) is 4.00. The van der Waals surface area contributed by atoms with Gasteiger partial charge in [0.1, 0.15) is 12.3 Å². The lowest BCUT2D eigenvalue weighted by Gasteiger charge is -2.12. The number of ether oxygens (including phenoxy) is 1. The normalized spacial score (nSPS) is 10.9. The van der Waals surface area contributed by atoms with Crippen molar-refractivity contribution >= 4 is 11.3 Å². The fourth-order valence-corrected chi connectivity index (χ4v) is 3.38. The first-order valence-electron chi connectivity index (χ1n) is 8.58. The molecule has 0 unspecified atom stereocenters. The van der Waals surface area contributed by atoms with Gasteiger partial charge in [-0.15, -0.1) is 11.3 Å². The summed E-state index contributed by atoms with van der Waals surface area (Å²) < 4.78 is 13.3. The lowest BCUT2D eigenvalue weighted by atomic mass is 10.3. The molecule has 0 aliphatic carbocycles. The lowest BCUT2D eigenvalue weighted by molar-refractivity contribution is 0.338. The first kappa shape index (κ1) is 17.9. The molecule has 0 saturated carbocycles. The molecule has 0 aliphatic heterocycles. The Morgan fingerprint density at radius 1 is 1.11 bits per heavy atom. The third kappa shape index (κ3) is 3.39. The first-order chi connectivity index (χ1) is 13.7. The van der Waals surface area contributed by atoms with Gasteiger partial charge in [0.2, 0.25) is 11.7 Å². The Bertz CT molecular complexity index is 1210. The maximum absolute atomic E-state index is 12.6. The number of nitrogens with zero attached hydrogens (tertiary/aromatic N) is 4. The summed E-state index contributed by atoms with van der Waals surface area (Å²) in [7, 11) is 0. The monoisotopic (exact) mass is 396 g/mol. The molecule has 142 valence electrons. The molecule has 4 aromatic rings. The molecule has 0 saturated heterocycles. The predicted molar refractivity (Wildman–Crippen MR) is 104 cm³/mol. The molecular formula is C19H16N4O4S. The molecule has 3 aromatic heterocycles. The van der Waals surface area contributed by atoms with Crippen LogP contribution >= 0.6 is 11.3 Å². The van der Waals surface area contributed by atoms with Gasteiger partial charge in [0, 0.05) is 12.4 Å². The smallest absolute Gasteiger partial charge is 0.321 e. The van der Waals surface area contributed by atoms with Crippen LogP contribution in [0.25, 0.3) is 16.4 Å². The number of thiophene rings is 1. The molecule has 0 atom stereocenters. The molecule has 9 heteroatoms. The van der Waals surface area contributed by atoms with Crippen molar-refractivity contribution in [2.24, 2.45) is 0 Å². The highest BCUT2D eigenvalue weighted by Crippen LogP contribution is 2.22. The van der Waals surface area contributed by atoms with Crippen LogP contribution in [0.2, 0.25) is 0 Å². The van der Waals surface area contributed by atoms with Crippen LogP contribution in [0.5, 0.6) is 5.75 Å². The maximum Gasteiger partial charge on any atom is 0.321 e. The zero-order valence-corrected chi connectivity index (χ0v) is 15.8. The Kier molecular flexibility index (Phi) is 4.90. The average Bonchev–Trinajstić information content (AvgIpc) is 3.38. The minimum atomic E-state index is -0.690. The summed E-state index contributed by atoms with van der Waals surface area (Å²) in [4.78, 5) is 30.4. The Balaban J connectivity index is 1.66. The van der Waals surface area contributed by atoms with E-state index in [4.69, 9.17) is 9.26 Å². The first-order valence-corrected chi connectivity index (χ1v) is 9.46. The van der Waals surface area contributed by atoms with Crippen LogP contribution in [0.1, 0.15) is 12.8 Å². The van der Waals surface area contributed by atoms with Crippen molar-refractivity contribution in [3.8, 4) is 22.1 Å². The van der Waals surface area contributed by atoms with Gasteiger partial charge in [0.25, 0.3) is 0 Å². The van der Waals surface area contributed by atoms with Gasteiger partial charge in [-0.3, -0.25) is 18.7 Å². The number of hydrogen-bond donors (Lipinski definition) is 0. The zero-order valence-electron chi connectivity index (χ0n) is 14.9. The van der Waals surface area contributed by atoms with E-state index in [9.17, 15) is 9.59 Å². The molecule has 4 rings (SSSR count). The molecule has 28 heavy (non-hydrogen) atoms. The number of benzene rings is 1. The number of rotatable bonds is 6. The van der Waals surface area contributed by atoms with Gasteiger partial charge >= 0.3 is 11.1 Å². The number of aromatic nitrogens is 4. The van der Waals surface area contributed by atoms with E-state index < -0.39 is 11.1 Å². The van der Waals surface area contributed by atoms with Crippen molar-refractivity contribution in [1.82, 2.24) is 19.3 Å². The van der Waals surface area contributed by atoms with Crippen molar-refractivity contribution in [3.05, 3.63) is 80.8 Å². The van der Waals surface area contributed by atoms with Gasteiger partial charge in [-0.25, -0.2) is 0 Å². The Morgan fingerprint density at radius 2 is 1.96 bits per heavy atom. The maximum atomic E-state index is 12.6. The summed E-state index contributed by atoms with van der Waals surface area (Å²) in [5.41, 5.74) is -0.867. The molecule has 0 bridgehead atoms. The van der Waals surface area contributed by atoms with Crippen molar-refractivity contribution in [2.75, 3.05) is 6.61 Å². The van der Waals surface area contributed by atoms with Crippen LogP contribution in [0.15, 0.2) is 68.3 Å². The van der Waals surface area contributed by atoms with Gasteiger partial charge in [0.15, 0.2) is 0 Å². The summed E-state index contributed by atoms with van der Waals surface area (Å²) in [6.07, 6.45) is 3.04. The molecule has 1 aromatic carbocycles.